The lowest BCUT2D eigenvalue weighted by Gasteiger charge is -2.29. The van der Waals surface area contributed by atoms with Crippen LogP contribution in [0.1, 0.15) is 168 Å². The van der Waals surface area contributed by atoms with Crippen molar-refractivity contribution in [2.75, 3.05) is 84.0 Å². The quantitative estimate of drug-likeness (QED) is 0.0735. The zero-order valence-electron chi connectivity index (χ0n) is 78.9. The number of benzene rings is 5. The topological polar surface area (TPSA) is 301 Å². The molecule has 0 bridgehead atoms. The van der Waals surface area contributed by atoms with Crippen LogP contribution in [0.5, 0.6) is 28.7 Å². The Morgan fingerprint density at radius 3 is 1.10 bits per heavy atom. The predicted molar refractivity (Wildman–Crippen MR) is 508 cm³/mol. The van der Waals surface area contributed by atoms with E-state index in [4.69, 9.17) is 13.6 Å². The van der Waals surface area contributed by atoms with E-state index >= 15 is 0 Å². The molecule has 44 heteroatoms. The molecule has 29 nitrogen and oxygen atoms in total. The normalized spacial score (nSPS) is 17.4. The molecule has 1 N–H and O–H groups in total. The van der Waals surface area contributed by atoms with Gasteiger partial charge in [-0.1, -0.05) is 37.3 Å². The number of hydrogen-bond acceptors (Lipinski definition) is 28. The summed E-state index contributed by atoms with van der Waals surface area (Å²) in [5, 5.41) is 17.8. The number of fused-ring (bicyclic) bond motifs is 8. The van der Waals surface area contributed by atoms with E-state index in [1.165, 1.54) is 60.7 Å². The van der Waals surface area contributed by atoms with Gasteiger partial charge < -0.3 is 71.4 Å². The Hall–Kier alpha value is -15.4. The highest BCUT2D eigenvalue weighted by atomic mass is 19.4. The molecule has 13 aromatic rings. The lowest BCUT2D eigenvalue weighted by molar-refractivity contribution is -0.275. The van der Waals surface area contributed by atoms with E-state index in [1.807, 2.05) is 61.5 Å². The average molecular weight is 2040 g/mol. The van der Waals surface area contributed by atoms with Gasteiger partial charge >= 0.3 is 31.8 Å². The van der Waals surface area contributed by atoms with Crippen molar-refractivity contribution in [2.45, 2.75) is 162 Å². The van der Waals surface area contributed by atoms with Crippen LogP contribution in [0.2, 0.25) is 0 Å². The number of rotatable bonds is 19. The molecular weight excluding hydrogens is 1950 g/mol. The van der Waals surface area contributed by atoms with E-state index in [1.54, 1.807) is 74.5 Å². The standard InChI is InChI=1S/C23H19F3N4O2.C21H19F3N6O.C21H17F3N4O2.2C19H18F3N3O2/c24-23(25,26)32-16-4-3-15-11-28-21(17(15)10-16)14-5-7-27-20(9-14)30-8-6-18-19(12-30)31-22(29-18)13-1-2-13;1-2-17-27-28-19-12-29(7-8-30(17)19)18-9-13(5-6-25-18)20-16-10-15(31-21(22,23)24)4-3-14(16)11-26-20;1-12-27-17-11-28(7-5-18(17)29-12)19-8-13(4-6-25-19)20-16-9-15(30-21(22,23)24)3-2-14(16)10-26-20;1-26-15-5-7-25(11-15)17-8-12(4-6-23-17)18-16-9-14(27-19(20,21)22)3-2-13(16)10-24-18;20-19(21,22)27-15-2-1-14-9-24-18(16(14)8-15)13-3-5-23-17(7-13)25-6-4-12(10-25)11-26/h3-5,7,9-10,13H,1-2,6,8,11-12H2;3-6,9-10H,2,7-8,11-12H2,1H3;2-4,6,8-9H,5,7,10-11H2,1H3;2-4,6,8-9,15H,5,7,10-11H2,1H3;1-3,5,7-8,12,26H,4,6,9-11H2/t;;;15-;12-/m...10/s1. The van der Waals surface area contributed by atoms with Crippen molar-refractivity contribution >= 4 is 57.6 Å². The summed E-state index contributed by atoms with van der Waals surface area (Å²) in [4.78, 5) is 64.7. The van der Waals surface area contributed by atoms with Gasteiger partial charge in [0.05, 0.1) is 92.7 Å². The van der Waals surface area contributed by atoms with Crippen LogP contribution in [-0.4, -0.2) is 181 Å². The first-order valence-corrected chi connectivity index (χ1v) is 47.3. The van der Waals surface area contributed by atoms with Crippen molar-refractivity contribution in [3.8, 4) is 28.7 Å². The molecular formula is C103H91F15N20O9. The number of aromatic nitrogens is 10. The van der Waals surface area contributed by atoms with Gasteiger partial charge in [-0.25, -0.2) is 34.9 Å². The summed E-state index contributed by atoms with van der Waals surface area (Å²) in [5.74, 6) is 8.53. The third kappa shape index (κ3) is 23.3. The van der Waals surface area contributed by atoms with Crippen molar-refractivity contribution in [3.63, 3.8) is 0 Å². The molecule has 2 atom stereocenters. The minimum Gasteiger partial charge on any atom is -0.446 e. The number of hydrogen-bond donors (Lipinski definition) is 1. The third-order valence-electron chi connectivity index (χ3n) is 26.3. The Labute approximate surface area is 829 Å². The van der Waals surface area contributed by atoms with Gasteiger partial charge in [0.15, 0.2) is 17.6 Å². The summed E-state index contributed by atoms with van der Waals surface area (Å²) in [5.41, 5.74) is 16.7. The number of pyridine rings is 5. The molecule has 762 valence electrons. The number of aryl methyl sites for hydroxylation is 2. The Morgan fingerprint density at radius 2 is 0.735 bits per heavy atom. The van der Waals surface area contributed by atoms with Crippen molar-refractivity contribution in [2.24, 2.45) is 30.9 Å². The summed E-state index contributed by atoms with van der Waals surface area (Å²) in [6.45, 7) is 14.1. The third-order valence-corrected chi connectivity index (χ3v) is 26.3. The van der Waals surface area contributed by atoms with Crippen molar-refractivity contribution < 1.29 is 108 Å². The van der Waals surface area contributed by atoms with E-state index in [2.05, 4.69) is 130 Å². The molecule has 5 aromatic carbocycles. The average Bonchev–Trinajstić information content (AvgIpc) is 1.64. The van der Waals surface area contributed by atoms with Gasteiger partial charge in [0, 0.05) is 191 Å². The zero-order chi connectivity index (χ0) is 102. The highest BCUT2D eigenvalue weighted by Gasteiger charge is 2.40. The molecule has 0 spiro atoms. The van der Waals surface area contributed by atoms with Crippen LogP contribution < -0.4 is 48.2 Å². The number of anilines is 5. The molecule has 0 amide bonds. The second kappa shape index (κ2) is 40.9. The molecule has 18 heterocycles. The van der Waals surface area contributed by atoms with Crippen LogP contribution in [0.25, 0.3) is 0 Å². The van der Waals surface area contributed by atoms with Gasteiger partial charge in [-0.2, -0.15) is 0 Å². The molecule has 10 aliphatic heterocycles. The van der Waals surface area contributed by atoms with Gasteiger partial charge in [-0.15, -0.1) is 76.1 Å². The maximum Gasteiger partial charge on any atom is 0.573 e. The first-order chi connectivity index (χ1) is 70.5. The van der Waals surface area contributed by atoms with Gasteiger partial charge in [-0.3, -0.25) is 25.0 Å². The number of nitrogens with zero attached hydrogens (tertiary/aromatic N) is 20. The van der Waals surface area contributed by atoms with E-state index in [9.17, 15) is 71.0 Å². The molecule has 1 aliphatic carbocycles. The Morgan fingerprint density at radius 1 is 0.367 bits per heavy atom. The zero-order valence-corrected chi connectivity index (χ0v) is 78.9. The lowest BCUT2D eigenvalue weighted by atomic mass is 10.0. The van der Waals surface area contributed by atoms with Gasteiger partial charge in [-0.05, 0) is 175 Å². The minimum absolute atomic E-state index is 0.151. The first-order valence-electron chi connectivity index (χ1n) is 47.3. The summed E-state index contributed by atoms with van der Waals surface area (Å²) in [6.07, 6.45) is -8.53. The molecule has 2 saturated heterocycles. The number of oxazole rings is 2. The monoisotopic (exact) mass is 2040 g/mol. The van der Waals surface area contributed by atoms with E-state index in [0.717, 1.165) is 222 Å². The fourth-order valence-electron chi connectivity index (χ4n) is 19.2. The maximum atomic E-state index is 12.6. The van der Waals surface area contributed by atoms with Crippen LogP contribution in [0, 0.1) is 12.8 Å². The van der Waals surface area contributed by atoms with E-state index < -0.39 is 31.8 Å². The summed E-state index contributed by atoms with van der Waals surface area (Å²) in [7, 11) is 1.70. The molecule has 3 fully saturated rings. The van der Waals surface area contributed by atoms with Gasteiger partial charge in [0.2, 0.25) is 0 Å². The number of halogens is 15. The van der Waals surface area contributed by atoms with E-state index in [0.29, 0.717) is 121 Å². The number of aliphatic imine (C=N–C) groups is 5. The maximum absolute atomic E-state index is 12.6. The molecule has 1 saturated carbocycles. The Balaban J connectivity index is 0.000000112. The van der Waals surface area contributed by atoms with Crippen molar-refractivity contribution in [1.29, 1.82) is 0 Å². The highest BCUT2D eigenvalue weighted by Crippen LogP contribution is 2.44. The second-order valence-corrected chi connectivity index (χ2v) is 36.1. The molecule has 0 radical (unpaired) electrons. The summed E-state index contributed by atoms with van der Waals surface area (Å²) < 4.78 is 228. The van der Waals surface area contributed by atoms with Crippen LogP contribution >= 0.6 is 0 Å². The largest absolute Gasteiger partial charge is 0.573 e. The highest BCUT2D eigenvalue weighted by molar-refractivity contribution is 6.18. The molecule has 11 aliphatic rings. The van der Waals surface area contributed by atoms with E-state index in [-0.39, 0.29) is 47.4 Å². The Bertz CT molecular complexity index is 7130. The number of aliphatic hydroxyl groups is 1. The van der Waals surface area contributed by atoms with Crippen LogP contribution in [0.3, 0.4) is 0 Å². The van der Waals surface area contributed by atoms with Crippen LogP contribution in [0.4, 0.5) is 94.9 Å². The van der Waals surface area contributed by atoms with Crippen molar-refractivity contribution in [1.82, 2.24) is 49.7 Å². The number of methoxy groups -OCH3 is 1. The minimum atomic E-state index is -4.74. The SMILES string of the molecule is CCc1nnc2n1CCN(c1cc(C3=NCc4ccc(OC(F)(F)F)cc43)ccn1)C2.CO[C@@H]1CCN(c2cc(C3=NCc4ccc(OC(F)(F)F)cc43)ccn2)C1.Cc1nc2c(o1)CCN(c1cc(C3=NCc4ccc(OC(F)(F)F)cc43)ccn1)C2.FC(F)(F)Oc1ccc2c(c1)C(c1ccnc(N3CCc4nc(C5CC5)oc4C3)c1)=NC2.OC[C@H]1CCN(c2cc(C3=NCc4ccc(OC(F)(F)F)cc43)ccn2)C1. The molecule has 0 unspecified atom stereocenters. The predicted octanol–water partition coefficient (Wildman–Crippen LogP) is 19.2. The van der Waals surface area contributed by atoms with Gasteiger partial charge in [0.25, 0.3) is 0 Å². The smallest absolute Gasteiger partial charge is 0.446 e. The first kappa shape index (κ1) is 99.0. The number of ether oxygens (including phenoxy) is 6. The summed E-state index contributed by atoms with van der Waals surface area (Å²) >= 11 is 0. The summed E-state index contributed by atoms with van der Waals surface area (Å²) in [6, 6.07) is 40.3. The van der Waals surface area contributed by atoms with Gasteiger partial charge in [0.1, 0.15) is 80.9 Å². The van der Waals surface area contributed by atoms with Crippen LogP contribution in [-0.2, 0) is 82.9 Å². The molecule has 8 aromatic heterocycles. The van der Waals surface area contributed by atoms with Crippen molar-refractivity contribution in [3.05, 3.63) is 312 Å². The fraction of sp³-hybridized carbons (Fsp3) is 0.340. The number of alkyl halides is 15. The lowest BCUT2D eigenvalue weighted by Crippen LogP contribution is -2.35. The molecule has 24 rings (SSSR count). The molecule has 147 heavy (non-hydrogen) atoms. The Kier molecular flexibility index (Phi) is 27.6. The fourth-order valence-corrected chi connectivity index (χ4v) is 19.2. The van der Waals surface area contributed by atoms with Crippen LogP contribution in [0.15, 0.2) is 216 Å². The number of aliphatic hydroxyl groups excluding tert-OH is 1. The second-order valence-electron chi connectivity index (χ2n) is 36.1.